The number of nitrogens with one attached hydrogen (secondary N) is 1. The smallest absolute Gasteiger partial charge is 0.342 e. The Bertz CT molecular complexity index is 951. The number of nitro groups is 1. The summed E-state index contributed by atoms with van der Waals surface area (Å²) in [5.74, 6) is -3.84. The summed E-state index contributed by atoms with van der Waals surface area (Å²) in [7, 11) is 0. The first kappa shape index (κ1) is 17.1. The van der Waals surface area contributed by atoms with Crippen molar-refractivity contribution in [1.29, 1.82) is 0 Å². The molecule has 11 heteroatoms. The van der Waals surface area contributed by atoms with Gasteiger partial charge in [-0.25, -0.2) is 9.59 Å². The van der Waals surface area contributed by atoms with Crippen LogP contribution in [0.3, 0.4) is 0 Å². The highest BCUT2D eigenvalue weighted by Crippen LogP contribution is 2.34. The average Bonchev–Trinajstić information content (AvgIpc) is 2.45. The van der Waals surface area contributed by atoms with Crippen molar-refractivity contribution in [1.82, 2.24) is 4.98 Å². The Morgan fingerprint density at radius 1 is 1.21 bits per heavy atom. The topological polar surface area (TPSA) is 177 Å². The molecule has 0 saturated heterocycles. The second-order valence-corrected chi connectivity index (χ2v) is 5.38. The van der Waals surface area contributed by atoms with Crippen molar-refractivity contribution in [3.63, 3.8) is 0 Å². The molecule has 0 radical (unpaired) electrons. The number of rotatable bonds is 4. The van der Waals surface area contributed by atoms with Gasteiger partial charge in [0.1, 0.15) is 16.9 Å². The molecule has 0 unspecified atom stereocenters. The zero-order valence-corrected chi connectivity index (χ0v) is 13.2. The molecule has 0 saturated carbocycles. The SMILES string of the molecule is Nc1[nH]c(=O)c(C(=O)O)c(-c2ccc(Br)c([N+](=O)[O-])c2)c1C(=O)O. The molecule has 5 N–H and O–H groups in total. The molecule has 0 amide bonds. The van der Waals surface area contributed by atoms with Crippen molar-refractivity contribution in [3.05, 3.63) is 54.3 Å². The molecule has 0 spiro atoms. The largest absolute Gasteiger partial charge is 0.478 e. The molecule has 0 bridgehead atoms. The summed E-state index contributed by atoms with van der Waals surface area (Å²) in [6, 6.07) is 3.43. The van der Waals surface area contributed by atoms with Crippen molar-refractivity contribution in [2.45, 2.75) is 0 Å². The van der Waals surface area contributed by atoms with Gasteiger partial charge in [-0.1, -0.05) is 6.07 Å². The van der Waals surface area contributed by atoms with Gasteiger partial charge in [0.05, 0.1) is 9.40 Å². The van der Waals surface area contributed by atoms with E-state index in [2.05, 4.69) is 15.9 Å². The number of hydrogen-bond donors (Lipinski definition) is 4. The van der Waals surface area contributed by atoms with Crippen molar-refractivity contribution in [2.75, 3.05) is 5.73 Å². The number of nitrogen functional groups attached to an aromatic ring is 1. The number of H-pyrrole nitrogens is 1. The Hall–Kier alpha value is -3.21. The number of carbonyl (C=O) groups is 2. The van der Waals surface area contributed by atoms with E-state index in [0.29, 0.717) is 0 Å². The number of hydrogen-bond acceptors (Lipinski definition) is 6. The minimum Gasteiger partial charge on any atom is -0.478 e. The van der Waals surface area contributed by atoms with Crippen LogP contribution >= 0.6 is 15.9 Å². The number of nitrogens with two attached hydrogens (primary N) is 1. The molecule has 24 heavy (non-hydrogen) atoms. The Morgan fingerprint density at radius 2 is 1.79 bits per heavy atom. The second kappa shape index (κ2) is 6.12. The fourth-order valence-electron chi connectivity index (χ4n) is 2.14. The lowest BCUT2D eigenvalue weighted by atomic mass is 9.95. The third-order valence-electron chi connectivity index (χ3n) is 3.10. The summed E-state index contributed by atoms with van der Waals surface area (Å²) in [6.45, 7) is 0. The zero-order valence-electron chi connectivity index (χ0n) is 11.6. The molecule has 1 heterocycles. The van der Waals surface area contributed by atoms with E-state index in [1.54, 1.807) is 0 Å². The Morgan fingerprint density at radius 3 is 2.29 bits per heavy atom. The number of anilines is 1. The van der Waals surface area contributed by atoms with E-state index < -0.39 is 50.6 Å². The van der Waals surface area contributed by atoms with E-state index in [1.807, 2.05) is 4.98 Å². The molecule has 0 fully saturated rings. The van der Waals surface area contributed by atoms with Crippen molar-refractivity contribution < 1.29 is 24.7 Å². The number of nitro benzene ring substituents is 1. The van der Waals surface area contributed by atoms with Gasteiger partial charge in [0, 0.05) is 11.6 Å². The van der Waals surface area contributed by atoms with Crippen LogP contribution < -0.4 is 11.3 Å². The van der Waals surface area contributed by atoms with E-state index in [4.69, 9.17) is 5.73 Å². The molecule has 2 aromatic rings. The van der Waals surface area contributed by atoms with Gasteiger partial charge in [-0.05, 0) is 27.6 Å². The third kappa shape index (κ3) is 2.84. The summed E-state index contributed by atoms with van der Waals surface area (Å²) >= 11 is 2.96. The molecule has 0 aliphatic heterocycles. The van der Waals surface area contributed by atoms with Gasteiger partial charge in [-0.2, -0.15) is 0 Å². The number of aromatic nitrogens is 1. The molecule has 0 aliphatic carbocycles. The van der Waals surface area contributed by atoms with Crippen LogP contribution in [0.15, 0.2) is 27.5 Å². The van der Waals surface area contributed by atoms with Crippen LogP contribution in [0.25, 0.3) is 11.1 Å². The van der Waals surface area contributed by atoms with Crippen LogP contribution in [-0.4, -0.2) is 32.1 Å². The molecule has 1 aromatic carbocycles. The number of aromatic amines is 1. The van der Waals surface area contributed by atoms with Crippen molar-refractivity contribution in [3.8, 4) is 11.1 Å². The van der Waals surface area contributed by atoms with Crippen LogP contribution in [-0.2, 0) is 0 Å². The molecule has 124 valence electrons. The summed E-state index contributed by atoms with van der Waals surface area (Å²) in [5, 5.41) is 29.6. The summed E-state index contributed by atoms with van der Waals surface area (Å²) in [5.41, 5.74) is 1.74. The molecule has 2 rings (SSSR count). The van der Waals surface area contributed by atoms with Gasteiger partial charge in [-0.3, -0.25) is 14.9 Å². The van der Waals surface area contributed by atoms with Gasteiger partial charge >= 0.3 is 11.9 Å². The van der Waals surface area contributed by atoms with Crippen LogP contribution in [0.4, 0.5) is 11.5 Å². The second-order valence-electron chi connectivity index (χ2n) is 4.53. The molecule has 1 aromatic heterocycles. The van der Waals surface area contributed by atoms with Gasteiger partial charge < -0.3 is 20.9 Å². The monoisotopic (exact) mass is 397 g/mol. The minimum absolute atomic E-state index is 0.0998. The summed E-state index contributed by atoms with van der Waals surface area (Å²) < 4.78 is 0.0998. The highest BCUT2D eigenvalue weighted by atomic mass is 79.9. The number of halogens is 1. The fraction of sp³-hybridized carbons (Fsp3) is 0. The highest BCUT2D eigenvalue weighted by Gasteiger charge is 2.27. The van der Waals surface area contributed by atoms with E-state index in [0.717, 1.165) is 6.07 Å². The number of pyridine rings is 1. The number of carboxylic acid groups (broad SMARTS) is 2. The Labute approximate surface area is 140 Å². The lowest BCUT2D eigenvalue weighted by molar-refractivity contribution is -0.385. The minimum atomic E-state index is -1.70. The molecule has 10 nitrogen and oxygen atoms in total. The maximum Gasteiger partial charge on any atom is 0.342 e. The summed E-state index contributed by atoms with van der Waals surface area (Å²) in [6.07, 6.45) is 0. The Balaban J connectivity index is 2.99. The van der Waals surface area contributed by atoms with Crippen molar-refractivity contribution in [2.24, 2.45) is 0 Å². The average molecular weight is 398 g/mol. The maximum atomic E-state index is 11.9. The Kier molecular flexibility index (Phi) is 4.37. The first-order valence-electron chi connectivity index (χ1n) is 6.11. The molecular formula is C13H8BrN3O7. The lowest BCUT2D eigenvalue weighted by Gasteiger charge is -2.12. The van der Waals surface area contributed by atoms with Crippen molar-refractivity contribution >= 4 is 39.4 Å². The molecule has 0 aliphatic rings. The molecular weight excluding hydrogens is 390 g/mol. The number of aromatic carboxylic acids is 2. The predicted molar refractivity (Wildman–Crippen MR) is 85.2 cm³/mol. The first-order valence-corrected chi connectivity index (χ1v) is 6.91. The fourth-order valence-corrected chi connectivity index (χ4v) is 2.53. The predicted octanol–water partition coefficient (Wildman–Crippen LogP) is 1.69. The lowest BCUT2D eigenvalue weighted by Crippen LogP contribution is -2.24. The zero-order chi connectivity index (χ0) is 18.2. The van der Waals surface area contributed by atoms with Gasteiger partial charge in [-0.15, -0.1) is 0 Å². The normalized spacial score (nSPS) is 10.4. The van der Waals surface area contributed by atoms with Gasteiger partial charge in [0.15, 0.2) is 0 Å². The standard InChI is InChI=1S/C13H8BrN3O7/c14-5-2-1-4(3-6(5)17(23)24)7-8(12(19)20)10(15)16-11(18)9(7)13(21)22/h1-3H,(H,19,20)(H,21,22)(H3,15,16,18). The van der Waals surface area contributed by atoms with E-state index in [-0.39, 0.29) is 10.0 Å². The van der Waals surface area contributed by atoms with Crippen LogP contribution in [0, 0.1) is 10.1 Å². The van der Waals surface area contributed by atoms with E-state index in [9.17, 15) is 34.7 Å². The van der Waals surface area contributed by atoms with E-state index >= 15 is 0 Å². The third-order valence-corrected chi connectivity index (χ3v) is 3.77. The van der Waals surface area contributed by atoms with E-state index in [1.165, 1.54) is 12.1 Å². The quantitative estimate of drug-likeness (QED) is 0.444. The number of carboxylic acids is 2. The van der Waals surface area contributed by atoms with Gasteiger partial charge in [0.2, 0.25) is 0 Å². The molecule has 0 atom stereocenters. The maximum absolute atomic E-state index is 11.9. The van der Waals surface area contributed by atoms with Crippen LogP contribution in [0.1, 0.15) is 20.7 Å². The van der Waals surface area contributed by atoms with Crippen LogP contribution in [0.5, 0.6) is 0 Å². The van der Waals surface area contributed by atoms with Gasteiger partial charge in [0.25, 0.3) is 11.2 Å². The van der Waals surface area contributed by atoms with Crippen LogP contribution in [0.2, 0.25) is 0 Å². The first-order chi connectivity index (χ1) is 11.1. The highest BCUT2D eigenvalue weighted by molar-refractivity contribution is 9.10. The number of nitrogens with zero attached hydrogens (tertiary/aromatic N) is 1. The summed E-state index contributed by atoms with van der Waals surface area (Å²) in [4.78, 5) is 47.0. The number of benzene rings is 1.